The molecule has 6 heteroatoms. The number of carbonyl (C=O) groups is 1. The zero-order valence-corrected chi connectivity index (χ0v) is 17.5. The first-order valence-corrected chi connectivity index (χ1v) is 10.6. The Labute approximate surface area is 177 Å². The molecule has 1 aromatic heterocycles. The summed E-state index contributed by atoms with van der Waals surface area (Å²) in [5, 5.41) is 11.2. The van der Waals surface area contributed by atoms with Crippen molar-refractivity contribution in [3.63, 3.8) is 0 Å². The van der Waals surface area contributed by atoms with Gasteiger partial charge in [0, 0.05) is 37.1 Å². The number of aliphatic hydroxyl groups is 1. The summed E-state index contributed by atoms with van der Waals surface area (Å²) in [5.41, 5.74) is 1.89. The van der Waals surface area contributed by atoms with Gasteiger partial charge < -0.3 is 14.9 Å². The van der Waals surface area contributed by atoms with Gasteiger partial charge in [-0.05, 0) is 24.5 Å². The van der Waals surface area contributed by atoms with Gasteiger partial charge in [0.1, 0.15) is 11.9 Å². The lowest BCUT2D eigenvalue weighted by Gasteiger charge is -2.37. The van der Waals surface area contributed by atoms with Crippen LogP contribution in [-0.2, 0) is 4.79 Å². The van der Waals surface area contributed by atoms with E-state index >= 15 is 0 Å². The molecule has 1 fully saturated rings. The number of fused-ring (bicyclic) bond motifs is 1. The van der Waals surface area contributed by atoms with Crippen molar-refractivity contribution in [3.8, 4) is 11.4 Å². The van der Waals surface area contributed by atoms with E-state index in [0.717, 1.165) is 22.3 Å². The molecule has 1 aliphatic heterocycles. The third kappa shape index (κ3) is 4.28. The Morgan fingerprint density at radius 2 is 1.63 bits per heavy atom. The maximum atomic E-state index is 12.6. The van der Waals surface area contributed by atoms with E-state index in [4.69, 9.17) is 9.97 Å². The Kier molecular flexibility index (Phi) is 5.95. The second-order valence-electron chi connectivity index (χ2n) is 8.21. The number of rotatable bonds is 5. The Morgan fingerprint density at radius 1 is 0.967 bits per heavy atom. The zero-order chi connectivity index (χ0) is 21.1. The third-order valence-corrected chi connectivity index (χ3v) is 5.49. The number of amides is 1. The predicted octanol–water partition coefficient (Wildman–Crippen LogP) is 3.35. The van der Waals surface area contributed by atoms with Crippen molar-refractivity contribution in [1.82, 2.24) is 14.9 Å². The average Bonchev–Trinajstić information content (AvgIpc) is 2.78. The van der Waals surface area contributed by atoms with Gasteiger partial charge in [-0.3, -0.25) is 4.79 Å². The fraction of sp³-hybridized carbons (Fsp3) is 0.375. The van der Waals surface area contributed by atoms with Crippen LogP contribution in [0.1, 0.15) is 20.3 Å². The fourth-order valence-corrected chi connectivity index (χ4v) is 3.91. The minimum atomic E-state index is -0.916. The number of hydrogen-bond donors (Lipinski definition) is 1. The van der Waals surface area contributed by atoms with Crippen LogP contribution < -0.4 is 4.90 Å². The van der Waals surface area contributed by atoms with Gasteiger partial charge in [-0.25, -0.2) is 9.97 Å². The molecule has 1 atom stereocenters. The van der Waals surface area contributed by atoms with Crippen LogP contribution >= 0.6 is 0 Å². The van der Waals surface area contributed by atoms with Gasteiger partial charge >= 0.3 is 0 Å². The number of carbonyl (C=O) groups excluding carboxylic acids is 1. The minimum absolute atomic E-state index is 0.166. The van der Waals surface area contributed by atoms with Crippen LogP contribution in [0.3, 0.4) is 0 Å². The Balaban J connectivity index is 1.57. The van der Waals surface area contributed by atoms with Crippen molar-refractivity contribution in [3.05, 3.63) is 54.6 Å². The lowest BCUT2D eigenvalue weighted by atomic mass is 10.0. The molecule has 0 radical (unpaired) electrons. The highest BCUT2D eigenvalue weighted by atomic mass is 16.3. The van der Waals surface area contributed by atoms with Crippen molar-refractivity contribution < 1.29 is 9.90 Å². The fourth-order valence-electron chi connectivity index (χ4n) is 3.91. The van der Waals surface area contributed by atoms with Gasteiger partial charge in [-0.2, -0.15) is 0 Å². The number of piperazine rings is 1. The summed E-state index contributed by atoms with van der Waals surface area (Å²) in [5.74, 6) is 1.72. The average molecular weight is 405 g/mol. The van der Waals surface area contributed by atoms with Gasteiger partial charge in [-0.1, -0.05) is 56.3 Å². The molecule has 6 nitrogen and oxygen atoms in total. The van der Waals surface area contributed by atoms with E-state index in [0.29, 0.717) is 38.4 Å². The summed E-state index contributed by atoms with van der Waals surface area (Å²) >= 11 is 0. The van der Waals surface area contributed by atoms with Crippen LogP contribution in [0, 0.1) is 5.92 Å². The van der Waals surface area contributed by atoms with Gasteiger partial charge in [-0.15, -0.1) is 0 Å². The molecule has 0 spiro atoms. The van der Waals surface area contributed by atoms with Crippen LogP contribution in [0.4, 0.5) is 5.82 Å². The molecule has 30 heavy (non-hydrogen) atoms. The molecule has 3 aromatic rings. The van der Waals surface area contributed by atoms with Crippen molar-refractivity contribution in [1.29, 1.82) is 0 Å². The molecule has 0 bridgehead atoms. The summed E-state index contributed by atoms with van der Waals surface area (Å²) in [4.78, 5) is 26.2. The molecule has 0 unspecified atom stereocenters. The van der Waals surface area contributed by atoms with Crippen molar-refractivity contribution in [2.75, 3.05) is 31.1 Å². The largest absolute Gasteiger partial charge is 0.383 e. The summed E-state index contributed by atoms with van der Waals surface area (Å²) < 4.78 is 0. The molecule has 2 heterocycles. The van der Waals surface area contributed by atoms with Crippen molar-refractivity contribution in [2.24, 2.45) is 5.92 Å². The summed E-state index contributed by atoms with van der Waals surface area (Å²) in [6.45, 7) is 6.53. The van der Waals surface area contributed by atoms with Gasteiger partial charge in [0.05, 0.1) is 5.52 Å². The molecule has 1 saturated heterocycles. The van der Waals surface area contributed by atoms with Gasteiger partial charge in [0.2, 0.25) is 0 Å². The second-order valence-corrected chi connectivity index (χ2v) is 8.21. The van der Waals surface area contributed by atoms with Crippen LogP contribution in [0.25, 0.3) is 22.3 Å². The summed E-state index contributed by atoms with van der Waals surface area (Å²) in [6, 6.07) is 18.0. The van der Waals surface area contributed by atoms with E-state index in [1.807, 2.05) is 68.4 Å². The van der Waals surface area contributed by atoms with Gasteiger partial charge in [0.25, 0.3) is 5.91 Å². The Morgan fingerprint density at radius 3 is 2.33 bits per heavy atom. The topological polar surface area (TPSA) is 69.6 Å². The lowest BCUT2D eigenvalue weighted by Crippen LogP contribution is -2.52. The molecular formula is C24H28N4O2. The van der Waals surface area contributed by atoms with E-state index in [2.05, 4.69) is 4.90 Å². The number of benzene rings is 2. The Hall–Kier alpha value is -2.99. The summed E-state index contributed by atoms with van der Waals surface area (Å²) in [6.07, 6.45) is -0.420. The third-order valence-electron chi connectivity index (χ3n) is 5.49. The van der Waals surface area contributed by atoms with Gasteiger partial charge in [0.15, 0.2) is 5.82 Å². The number of nitrogens with zero attached hydrogens (tertiary/aromatic N) is 4. The van der Waals surface area contributed by atoms with E-state index in [1.165, 1.54) is 0 Å². The molecular weight excluding hydrogens is 376 g/mol. The first-order valence-electron chi connectivity index (χ1n) is 10.6. The quantitative estimate of drug-likeness (QED) is 0.706. The maximum Gasteiger partial charge on any atom is 0.251 e. The first-order chi connectivity index (χ1) is 14.5. The van der Waals surface area contributed by atoms with E-state index in [9.17, 15) is 9.90 Å². The minimum Gasteiger partial charge on any atom is -0.383 e. The highest BCUT2D eigenvalue weighted by molar-refractivity contribution is 5.91. The molecule has 156 valence electrons. The highest BCUT2D eigenvalue weighted by Gasteiger charge is 2.28. The molecule has 0 saturated carbocycles. The SMILES string of the molecule is CC(C)C[C@@H](O)C(=O)N1CCN(c2nc(-c3ccccc3)nc3ccccc23)CC1. The highest BCUT2D eigenvalue weighted by Crippen LogP contribution is 2.28. The standard InChI is InChI=1S/C24H28N4O2/c1-17(2)16-21(29)24(30)28-14-12-27(13-15-28)23-19-10-6-7-11-20(19)25-22(26-23)18-8-4-3-5-9-18/h3-11,17,21,29H,12-16H2,1-2H3/t21-/m1/s1. The molecule has 1 amide bonds. The normalized spacial score (nSPS) is 15.6. The predicted molar refractivity (Wildman–Crippen MR) is 119 cm³/mol. The maximum absolute atomic E-state index is 12.6. The summed E-state index contributed by atoms with van der Waals surface area (Å²) in [7, 11) is 0. The molecule has 1 aliphatic rings. The second kappa shape index (κ2) is 8.79. The number of aromatic nitrogens is 2. The number of para-hydroxylation sites is 1. The van der Waals surface area contributed by atoms with E-state index in [1.54, 1.807) is 4.90 Å². The van der Waals surface area contributed by atoms with Crippen LogP contribution in [0.5, 0.6) is 0 Å². The Bertz CT molecular complexity index is 1010. The molecule has 1 N–H and O–H groups in total. The molecule has 0 aliphatic carbocycles. The van der Waals surface area contributed by atoms with Crippen LogP contribution in [0.15, 0.2) is 54.6 Å². The smallest absolute Gasteiger partial charge is 0.251 e. The number of hydrogen-bond acceptors (Lipinski definition) is 5. The van der Waals surface area contributed by atoms with E-state index < -0.39 is 6.10 Å². The lowest BCUT2D eigenvalue weighted by molar-refractivity contribution is -0.141. The number of aliphatic hydroxyl groups excluding tert-OH is 1. The molecule has 4 rings (SSSR count). The first kappa shape index (κ1) is 20.3. The monoisotopic (exact) mass is 404 g/mol. The zero-order valence-electron chi connectivity index (χ0n) is 17.5. The van der Waals surface area contributed by atoms with E-state index in [-0.39, 0.29) is 11.8 Å². The van der Waals surface area contributed by atoms with Crippen LogP contribution in [-0.4, -0.2) is 58.2 Å². The van der Waals surface area contributed by atoms with Crippen LogP contribution in [0.2, 0.25) is 0 Å². The van der Waals surface area contributed by atoms with Crippen molar-refractivity contribution in [2.45, 2.75) is 26.4 Å². The molecule has 2 aromatic carbocycles. The number of anilines is 1. The van der Waals surface area contributed by atoms with Crippen molar-refractivity contribution >= 4 is 22.6 Å².